The summed E-state index contributed by atoms with van der Waals surface area (Å²) in [5.74, 6) is 0. The standard InChI is InChI=1S/C41H32N6/c1-45-40(18-21-42-45)34-8-3-6-32(24-34)37-26-36(27-38(28-37)33-7-4-9-35(25-33)41-19-22-43-46(41)2)31-12-10-29(11-13-31)30-14-16-39(17-15-30)47-23-5-20-44-47/h3-28H,1-2H3. The summed E-state index contributed by atoms with van der Waals surface area (Å²) in [6.45, 7) is 0. The second kappa shape index (κ2) is 11.9. The largest absolute Gasteiger partial charge is 0.268 e. The second-order valence-electron chi connectivity index (χ2n) is 11.7. The van der Waals surface area contributed by atoms with Crippen LogP contribution in [-0.4, -0.2) is 29.3 Å². The number of benzene rings is 5. The van der Waals surface area contributed by atoms with E-state index in [9.17, 15) is 0 Å². The third kappa shape index (κ3) is 5.57. The zero-order chi connectivity index (χ0) is 31.7. The van der Waals surface area contributed by atoms with Gasteiger partial charge in [0.05, 0.1) is 17.1 Å². The van der Waals surface area contributed by atoms with Crippen LogP contribution >= 0.6 is 0 Å². The maximum absolute atomic E-state index is 4.39. The summed E-state index contributed by atoms with van der Waals surface area (Å²) in [4.78, 5) is 0. The lowest BCUT2D eigenvalue weighted by molar-refractivity contribution is 0.776. The summed E-state index contributed by atoms with van der Waals surface area (Å²) in [5, 5.41) is 13.1. The van der Waals surface area contributed by atoms with Gasteiger partial charge in [-0.2, -0.15) is 15.3 Å². The molecule has 5 aromatic carbocycles. The minimum absolute atomic E-state index is 1.04. The van der Waals surface area contributed by atoms with E-state index in [1.807, 2.05) is 52.8 Å². The normalized spacial score (nSPS) is 11.2. The van der Waals surface area contributed by atoms with E-state index in [4.69, 9.17) is 0 Å². The lowest BCUT2D eigenvalue weighted by atomic mass is 9.91. The van der Waals surface area contributed by atoms with Gasteiger partial charge in [-0.1, -0.05) is 72.8 Å². The van der Waals surface area contributed by atoms with Crippen LogP contribution in [0, 0.1) is 0 Å². The van der Waals surface area contributed by atoms with Crippen molar-refractivity contribution in [2.75, 3.05) is 0 Å². The van der Waals surface area contributed by atoms with Crippen molar-refractivity contribution in [1.29, 1.82) is 0 Å². The maximum Gasteiger partial charge on any atom is 0.0679 e. The monoisotopic (exact) mass is 608 g/mol. The van der Waals surface area contributed by atoms with Gasteiger partial charge in [-0.15, -0.1) is 0 Å². The topological polar surface area (TPSA) is 53.5 Å². The van der Waals surface area contributed by atoms with E-state index in [0.29, 0.717) is 0 Å². The Kier molecular flexibility index (Phi) is 7.15. The number of hydrogen-bond acceptors (Lipinski definition) is 3. The Morgan fingerprint density at radius 3 is 1.23 bits per heavy atom. The molecule has 0 bridgehead atoms. The summed E-state index contributed by atoms with van der Waals surface area (Å²) in [5.41, 5.74) is 14.8. The number of hydrogen-bond donors (Lipinski definition) is 0. The third-order valence-electron chi connectivity index (χ3n) is 8.75. The molecule has 226 valence electrons. The van der Waals surface area contributed by atoms with E-state index < -0.39 is 0 Å². The smallest absolute Gasteiger partial charge is 0.0679 e. The predicted octanol–water partition coefficient (Wildman–Crippen LogP) is 9.34. The zero-order valence-electron chi connectivity index (χ0n) is 26.2. The first-order valence-corrected chi connectivity index (χ1v) is 15.6. The molecule has 0 aliphatic carbocycles. The van der Waals surface area contributed by atoms with Crippen LogP contribution in [0.4, 0.5) is 0 Å². The van der Waals surface area contributed by atoms with Crippen LogP contribution in [0.1, 0.15) is 0 Å². The first-order chi connectivity index (χ1) is 23.1. The molecule has 8 rings (SSSR count). The van der Waals surface area contributed by atoms with Crippen LogP contribution in [0.2, 0.25) is 0 Å². The Morgan fingerprint density at radius 1 is 0.362 bits per heavy atom. The number of nitrogens with zero attached hydrogens (tertiary/aromatic N) is 6. The second-order valence-corrected chi connectivity index (χ2v) is 11.7. The molecular weight excluding hydrogens is 576 g/mol. The van der Waals surface area contributed by atoms with E-state index in [-0.39, 0.29) is 0 Å². The molecule has 0 aliphatic heterocycles. The SMILES string of the molecule is Cn1nccc1-c1cccc(-c2cc(-c3ccc(-c4ccc(-n5cccn5)cc4)cc3)cc(-c3cccc(-c4ccnn4C)c3)c2)c1. The summed E-state index contributed by atoms with van der Waals surface area (Å²) in [7, 11) is 3.96. The molecule has 0 fully saturated rings. The Hall–Kier alpha value is -6.27. The highest BCUT2D eigenvalue weighted by atomic mass is 15.3. The van der Waals surface area contributed by atoms with E-state index in [0.717, 1.165) is 61.6 Å². The van der Waals surface area contributed by atoms with Crippen LogP contribution in [0.3, 0.4) is 0 Å². The van der Waals surface area contributed by atoms with Gasteiger partial charge in [0.2, 0.25) is 0 Å². The molecule has 0 atom stereocenters. The van der Waals surface area contributed by atoms with Crippen molar-refractivity contribution < 1.29 is 0 Å². The minimum atomic E-state index is 1.04. The van der Waals surface area contributed by atoms with E-state index >= 15 is 0 Å². The first kappa shape index (κ1) is 28.2. The Balaban J connectivity index is 1.20. The first-order valence-electron chi connectivity index (χ1n) is 15.6. The van der Waals surface area contributed by atoms with Crippen LogP contribution < -0.4 is 0 Å². The molecule has 47 heavy (non-hydrogen) atoms. The molecule has 0 radical (unpaired) electrons. The van der Waals surface area contributed by atoms with E-state index in [1.54, 1.807) is 6.20 Å². The van der Waals surface area contributed by atoms with Crippen LogP contribution in [-0.2, 0) is 14.1 Å². The Labute approximate surface area is 273 Å². The predicted molar refractivity (Wildman–Crippen MR) is 190 cm³/mol. The highest BCUT2D eigenvalue weighted by Crippen LogP contribution is 2.36. The van der Waals surface area contributed by atoms with Crippen LogP contribution in [0.25, 0.3) is 72.7 Å². The molecule has 0 amide bonds. The molecule has 3 heterocycles. The van der Waals surface area contributed by atoms with Gasteiger partial charge in [0, 0.05) is 50.0 Å². The average Bonchev–Trinajstić information content (AvgIpc) is 3.92. The lowest BCUT2D eigenvalue weighted by Crippen LogP contribution is -1.94. The van der Waals surface area contributed by atoms with Crippen LogP contribution in [0.5, 0.6) is 0 Å². The summed E-state index contributed by atoms with van der Waals surface area (Å²) < 4.78 is 5.70. The molecule has 0 aliphatic rings. The van der Waals surface area contributed by atoms with Crippen molar-refractivity contribution in [2.24, 2.45) is 14.1 Å². The molecule has 0 N–H and O–H groups in total. The zero-order valence-corrected chi connectivity index (χ0v) is 26.2. The van der Waals surface area contributed by atoms with Crippen molar-refractivity contribution in [3.8, 4) is 72.7 Å². The molecule has 6 nitrogen and oxygen atoms in total. The molecule has 6 heteroatoms. The highest BCUT2D eigenvalue weighted by molar-refractivity contribution is 5.84. The number of rotatable bonds is 7. The van der Waals surface area contributed by atoms with Crippen molar-refractivity contribution in [2.45, 2.75) is 0 Å². The fraction of sp³-hybridized carbons (Fsp3) is 0.0488. The molecular formula is C41H32N6. The molecule has 0 saturated carbocycles. The summed E-state index contributed by atoms with van der Waals surface area (Å²) in [6.07, 6.45) is 7.43. The highest BCUT2D eigenvalue weighted by Gasteiger charge is 2.12. The van der Waals surface area contributed by atoms with Crippen molar-refractivity contribution in [3.05, 3.63) is 158 Å². The lowest BCUT2D eigenvalue weighted by Gasteiger charge is -2.14. The summed E-state index contributed by atoms with van der Waals surface area (Å²) in [6, 6.07) is 47.7. The van der Waals surface area contributed by atoms with Crippen molar-refractivity contribution in [1.82, 2.24) is 29.3 Å². The average molecular weight is 609 g/mol. The van der Waals surface area contributed by atoms with Gasteiger partial charge in [0.15, 0.2) is 0 Å². The van der Waals surface area contributed by atoms with Gasteiger partial charge in [-0.05, 0) is 105 Å². The molecule has 3 aromatic heterocycles. The maximum atomic E-state index is 4.39. The molecule has 0 saturated heterocycles. The Morgan fingerprint density at radius 2 is 0.787 bits per heavy atom. The fourth-order valence-electron chi connectivity index (χ4n) is 6.24. The van der Waals surface area contributed by atoms with Gasteiger partial charge in [0.25, 0.3) is 0 Å². The number of aryl methyl sites for hydroxylation is 2. The van der Waals surface area contributed by atoms with Gasteiger partial charge < -0.3 is 0 Å². The summed E-state index contributed by atoms with van der Waals surface area (Å²) >= 11 is 0. The number of aromatic nitrogens is 6. The van der Waals surface area contributed by atoms with Crippen molar-refractivity contribution >= 4 is 0 Å². The van der Waals surface area contributed by atoms with Gasteiger partial charge >= 0.3 is 0 Å². The van der Waals surface area contributed by atoms with Crippen LogP contribution in [0.15, 0.2) is 158 Å². The van der Waals surface area contributed by atoms with Crippen molar-refractivity contribution in [3.63, 3.8) is 0 Å². The van der Waals surface area contributed by atoms with E-state index in [2.05, 4.69) is 143 Å². The molecule has 8 aromatic rings. The Bertz CT molecular complexity index is 2200. The fourth-order valence-corrected chi connectivity index (χ4v) is 6.24. The van der Waals surface area contributed by atoms with Gasteiger partial charge in [-0.25, -0.2) is 4.68 Å². The van der Waals surface area contributed by atoms with Gasteiger partial charge in [0.1, 0.15) is 0 Å². The van der Waals surface area contributed by atoms with E-state index in [1.165, 1.54) is 11.1 Å². The molecule has 0 spiro atoms. The minimum Gasteiger partial charge on any atom is -0.268 e. The third-order valence-corrected chi connectivity index (χ3v) is 8.75. The molecule has 0 unspecified atom stereocenters. The quantitative estimate of drug-likeness (QED) is 0.181. The van der Waals surface area contributed by atoms with Gasteiger partial charge in [-0.3, -0.25) is 9.36 Å².